The summed E-state index contributed by atoms with van der Waals surface area (Å²) in [7, 11) is 0. The van der Waals surface area contributed by atoms with E-state index in [1.165, 1.54) is 5.56 Å². The van der Waals surface area contributed by atoms with Gasteiger partial charge in [0.1, 0.15) is 6.04 Å². The fraction of sp³-hybridized carbons (Fsp3) is 0.323. The number of rotatable bonds is 8. The van der Waals surface area contributed by atoms with Crippen molar-refractivity contribution in [2.24, 2.45) is 5.10 Å². The molecule has 4 rings (SSSR count). The van der Waals surface area contributed by atoms with E-state index in [9.17, 15) is 9.59 Å². The molecule has 3 N–H and O–H groups in total. The van der Waals surface area contributed by atoms with Crippen molar-refractivity contribution in [3.8, 4) is 5.69 Å². The molecule has 0 spiro atoms. The van der Waals surface area contributed by atoms with Crippen LogP contribution in [0, 0.1) is 13.8 Å². The van der Waals surface area contributed by atoms with Crippen molar-refractivity contribution in [1.29, 1.82) is 0 Å². The highest BCUT2D eigenvalue weighted by molar-refractivity contribution is 5.89. The number of nitrogens with zero attached hydrogens (tertiary/aromatic N) is 2. The van der Waals surface area contributed by atoms with Crippen LogP contribution in [0.15, 0.2) is 65.9 Å². The number of alkyl carbamates (subject to hydrolysis) is 1. The summed E-state index contributed by atoms with van der Waals surface area (Å²) >= 11 is 0. The zero-order chi connectivity index (χ0) is 28.2. The number of carbonyl (C=O) groups is 2. The second-order valence-corrected chi connectivity index (χ2v) is 10.7. The standard InChI is InChI=1S/C31H37N5O3/c1-7-39-30(38)34-28(17-23-18-32-27-11-9-8-10-26(23)27)29(37)35-33-19-22-16-20(2)36(21(22)3)25-14-12-24(13-15-25)31(4,5)6/h8-16,18-19,28,32H,7,17H2,1-6H3,(H,34,38)(H,35,37)/b33-19-/t28-/m1/s1. The Kier molecular flexibility index (Phi) is 8.24. The third-order valence-electron chi connectivity index (χ3n) is 6.82. The summed E-state index contributed by atoms with van der Waals surface area (Å²) in [4.78, 5) is 28.5. The maximum atomic E-state index is 13.1. The van der Waals surface area contributed by atoms with Crippen LogP contribution in [0.2, 0.25) is 0 Å². The first-order valence-corrected chi connectivity index (χ1v) is 13.2. The molecule has 1 atom stereocenters. The van der Waals surface area contributed by atoms with Crippen LogP contribution in [-0.2, 0) is 21.4 Å². The molecule has 2 amide bonds. The predicted octanol–water partition coefficient (Wildman–Crippen LogP) is 5.68. The van der Waals surface area contributed by atoms with Crippen LogP contribution in [-0.4, -0.2) is 40.4 Å². The number of benzene rings is 2. The van der Waals surface area contributed by atoms with Gasteiger partial charge in [-0.25, -0.2) is 10.2 Å². The molecule has 0 saturated carbocycles. The van der Waals surface area contributed by atoms with E-state index in [4.69, 9.17) is 4.74 Å². The Labute approximate surface area is 229 Å². The quantitative estimate of drug-likeness (QED) is 0.203. The van der Waals surface area contributed by atoms with Gasteiger partial charge in [0, 0.05) is 46.2 Å². The van der Waals surface area contributed by atoms with Crippen molar-refractivity contribution < 1.29 is 14.3 Å². The minimum atomic E-state index is -0.867. The number of fused-ring (bicyclic) bond motifs is 1. The molecule has 0 aliphatic carbocycles. The molecule has 0 unspecified atom stereocenters. The van der Waals surface area contributed by atoms with Crippen molar-refractivity contribution in [3.63, 3.8) is 0 Å². The van der Waals surface area contributed by atoms with Crippen LogP contribution in [0.5, 0.6) is 0 Å². The first-order valence-electron chi connectivity index (χ1n) is 13.2. The first-order chi connectivity index (χ1) is 18.6. The third-order valence-corrected chi connectivity index (χ3v) is 6.82. The molecule has 0 aliphatic rings. The number of hydrogen-bond donors (Lipinski definition) is 3. The normalized spacial score (nSPS) is 12.6. The minimum Gasteiger partial charge on any atom is -0.450 e. The number of carbonyl (C=O) groups excluding carboxylic acids is 2. The van der Waals surface area contributed by atoms with E-state index >= 15 is 0 Å². The Morgan fingerprint density at radius 3 is 2.51 bits per heavy atom. The van der Waals surface area contributed by atoms with E-state index in [0.29, 0.717) is 0 Å². The van der Waals surface area contributed by atoms with Crippen LogP contribution in [0.4, 0.5) is 4.79 Å². The number of nitrogens with one attached hydrogen (secondary N) is 3. The molecule has 0 radical (unpaired) electrons. The number of hydrazone groups is 1. The second kappa shape index (κ2) is 11.6. The van der Waals surface area contributed by atoms with E-state index in [1.54, 1.807) is 13.1 Å². The molecular weight excluding hydrogens is 490 g/mol. The largest absolute Gasteiger partial charge is 0.450 e. The first kappa shape index (κ1) is 27.7. The summed E-state index contributed by atoms with van der Waals surface area (Å²) in [6.45, 7) is 12.6. The summed E-state index contributed by atoms with van der Waals surface area (Å²) < 4.78 is 7.19. The van der Waals surface area contributed by atoms with E-state index in [2.05, 4.69) is 70.4 Å². The van der Waals surface area contributed by atoms with Gasteiger partial charge in [0.25, 0.3) is 5.91 Å². The highest BCUT2D eigenvalue weighted by Crippen LogP contribution is 2.25. The molecule has 2 aromatic carbocycles. The fourth-order valence-corrected chi connectivity index (χ4v) is 4.71. The van der Waals surface area contributed by atoms with Gasteiger partial charge in [-0.3, -0.25) is 4.79 Å². The van der Waals surface area contributed by atoms with E-state index < -0.39 is 18.0 Å². The van der Waals surface area contributed by atoms with Crippen molar-refractivity contribution in [1.82, 2.24) is 20.3 Å². The number of amides is 2. The average molecular weight is 528 g/mol. The molecule has 0 saturated heterocycles. The Bertz CT molecular complexity index is 1490. The lowest BCUT2D eigenvalue weighted by atomic mass is 9.87. The van der Waals surface area contributed by atoms with E-state index in [-0.39, 0.29) is 18.4 Å². The third kappa shape index (κ3) is 6.39. The van der Waals surface area contributed by atoms with Gasteiger partial charge < -0.3 is 19.6 Å². The van der Waals surface area contributed by atoms with Gasteiger partial charge >= 0.3 is 6.09 Å². The second-order valence-electron chi connectivity index (χ2n) is 10.7. The van der Waals surface area contributed by atoms with Gasteiger partial charge in [0.05, 0.1) is 12.8 Å². The lowest BCUT2D eigenvalue weighted by Gasteiger charge is -2.20. The molecule has 2 aromatic heterocycles. The summed E-state index contributed by atoms with van der Waals surface area (Å²) in [6, 6.07) is 17.6. The highest BCUT2D eigenvalue weighted by Gasteiger charge is 2.23. The Hall–Kier alpha value is -4.33. The molecular formula is C31H37N5O3. The number of hydrogen-bond acceptors (Lipinski definition) is 4. The zero-order valence-corrected chi connectivity index (χ0v) is 23.5. The number of aromatic nitrogens is 2. The summed E-state index contributed by atoms with van der Waals surface area (Å²) in [6.07, 6.45) is 3.11. The van der Waals surface area contributed by atoms with Gasteiger partial charge in [-0.2, -0.15) is 5.10 Å². The molecule has 0 aliphatic heterocycles. The van der Waals surface area contributed by atoms with Crippen LogP contribution < -0.4 is 10.7 Å². The predicted molar refractivity (Wildman–Crippen MR) is 156 cm³/mol. The molecule has 0 bridgehead atoms. The SMILES string of the molecule is CCOC(=O)N[C@H](Cc1c[nH]c2ccccc12)C(=O)N/N=C\c1cc(C)n(-c2ccc(C(C)(C)C)cc2)c1C. The van der Waals surface area contributed by atoms with Crippen molar-refractivity contribution in [2.75, 3.05) is 6.61 Å². The number of H-pyrrole nitrogens is 1. The van der Waals surface area contributed by atoms with Crippen LogP contribution in [0.1, 0.15) is 55.8 Å². The Morgan fingerprint density at radius 2 is 1.82 bits per heavy atom. The molecule has 8 heteroatoms. The number of aromatic amines is 1. The average Bonchev–Trinajstić information content (AvgIpc) is 3.43. The lowest BCUT2D eigenvalue weighted by molar-refractivity contribution is -0.123. The Balaban J connectivity index is 1.50. The fourth-order valence-electron chi connectivity index (χ4n) is 4.71. The van der Waals surface area contributed by atoms with Gasteiger partial charge in [-0.15, -0.1) is 0 Å². The minimum absolute atomic E-state index is 0.0868. The van der Waals surface area contributed by atoms with Gasteiger partial charge in [-0.05, 0) is 61.6 Å². The summed E-state index contributed by atoms with van der Waals surface area (Å²) in [5, 5.41) is 7.88. The van der Waals surface area contributed by atoms with Crippen LogP contribution in [0.3, 0.4) is 0 Å². The molecule has 4 aromatic rings. The highest BCUT2D eigenvalue weighted by atomic mass is 16.5. The zero-order valence-electron chi connectivity index (χ0n) is 23.5. The van der Waals surface area contributed by atoms with Crippen molar-refractivity contribution in [3.05, 3.63) is 88.9 Å². The number of ether oxygens (including phenoxy) is 1. The van der Waals surface area contributed by atoms with Gasteiger partial charge in [0.2, 0.25) is 0 Å². The monoisotopic (exact) mass is 527 g/mol. The topological polar surface area (TPSA) is 101 Å². The van der Waals surface area contributed by atoms with Gasteiger partial charge in [0.15, 0.2) is 0 Å². The molecule has 2 heterocycles. The van der Waals surface area contributed by atoms with Crippen molar-refractivity contribution in [2.45, 2.75) is 59.4 Å². The maximum Gasteiger partial charge on any atom is 0.407 e. The molecule has 39 heavy (non-hydrogen) atoms. The maximum absolute atomic E-state index is 13.1. The van der Waals surface area contributed by atoms with Crippen LogP contribution >= 0.6 is 0 Å². The number of para-hydroxylation sites is 1. The molecule has 0 fully saturated rings. The Morgan fingerprint density at radius 1 is 1.10 bits per heavy atom. The lowest BCUT2D eigenvalue weighted by Crippen LogP contribution is -2.47. The van der Waals surface area contributed by atoms with Crippen LogP contribution in [0.25, 0.3) is 16.6 Å². The van der Waals surface area contributed by atoms with E-state index in [0.717, 1.165) is 39.1 Å². The molecule has 204 valence electrons. The summed E-state index contributed by atoms with van der Waals surface area (Å²) in [5.41, 5.74) is 9.86. The number of aryl methyl sites for hydroxylation is 1. The van der Waals surface area contributed by atoms with E-state index in [1.807, 2.05) is 50.4 Å². The van der Waals surface area contributed by atoms with Crippen molar-refractivity contribution >= 4 is 29.1 Å². The summed E-state index contributed by atoms with van der Waals surface area (Å²) in [5.74, 6) is -0.434. The smallest absolute Gasteiger partial charge is 0.407 e. The van der Waals surface area contributed by atoms with Gasteiger partial charge in [-0.1, -0.05) is 51.1 Å². The molecule has 8 nitrogen and oxygen atoms in total.